The van der Waals surface area contributed by atoms with Gasteiger partial charge in [0.05, 0.1) is 5.69 Å². The number of nitrogens with zero attached hydrogens (tertiary/aromatic N) is 1. The molecule has 0 unspecified atom stereocenters. The summed E-state index contributed by atoms with van der Waals surface area (Å²) in [5.74, 6) is 0. The molecule has 0 radical (unpaired) electrons. The third-order valence-electron chi connectivity index (χ3n) is 0.892. The molecule has 1 rings (SSSR count). The van der Waals surface area contributed by atoms with Crippen LogP contribution in [0.15, 0.2) is 15.5 Å². The lowest BCUT2D eigenvalue weighted by molar-refractivity contribution is 0.298. The topological polar surface area (TPSA) is 46.3 Å². The van der Waals surface area contributed by atoms with Crippen LogP contribution in [0, 0.1) is 0 Å². The molecule has 3 nitrogen and oxygen atoms in total. The van der Waals surface area contributed by atoms with Gasteiger partial charge in [0, 0.05) is 29.0 Å². The molecule has 0 fully saturated rings. The van der Waals surface area contributed by atoms with E-state index < -0.39 is 0 Å². The van der Waals surface area contributed by atoms with E-state index in [0.29, 0.717) is 11.2 Å². The van der Waals surface area contributed by atoms with Gasteiger partial charge in [-0.05, 0) is 0 Å². The third kappa shape index (κ3) is 1.80. The molecule has 0 aromatic carbocycles. The van der Waals surface area contributed by atoms with Gasteiger partial charge in [0.15, 0.2) is 0 Å². The standard InChI is InChI=1S/C5H6BrNO2/c6-5-7-4(1-2-8)3-9-5/h3,8H,1-2H2. The minimum Gasteiger partial charge on any atom is -0.439 e. The summed E-state index contributed by atoms with van der Waals surface area (Å²) >= 11 is 3.04. The van der Waals surface area contributed by atoms with Crippen molar-refractivity contribution >= 4 is 15.9 Å². The number of rotatable bonds is 2. The molecular formula is C5H6BrNO2. The van der Waals surface area contributed by atoms with Crippen molar-refractivity contribution in [1.29, 1.82) is 0 Å². The van der Waals surface area contributed by atoms with Crippen molar-refractivity contribution in [2.75, 3.05) is 6.61 Å². The van der Waals surface area contributed by atoms with E-state index >= 15 is 0 Å². The van der Waals surface area contributed by atoms with E-state index in [-0.39, 0.29) is 6.61 Å². The van der Waals surface area contributed by atoms with Crippen LogP contribution in [0.1, 0.15) is 5.69 Å². The molecule has 1 aromatic heterocycles. The predicted molar refractivity (Wildman–Crippen MR) is 35.0 cm³/mol. The van der Waals surface area contributed by atoms with E-state index in [1.807, 2.05) is 0 Å². The Hall–Kier alpha value is -0.350. The molecule has 0 atom stereocenters. The fraction of sp³-hybridized carbons (Fsp3) is 0.400. The zero-order valence-electron chi connectivity index (χ0n) is 4.67. The number of halogens is 1. The van der Waals surface area contributed by atoms with Crippen LogP contribution in [0.2, 0.25) is 0 Å². The third-order valence-corrected chi connectivity index (χ3v) is 1.26. The lowest BCUT2D eigenvalue weighted by Gasteiger charge is -1.83. The average Bonchev–Trinajstić information content (AvgIpc) is 2.17. The number of aromatic nitrogens is 1. The Bertz CT molecular complexity index is 187. The van der Waals surface area contributed by atoms with Crippen molar-refractivity contribution in [2.24, 2.45) is 0 Å². The van der Waals surface area contributed by atoms with Gasteiger partial charge in [-0.3, -0.25) is 0 Å². The average molecular weight is 192 g/mol. The van der Waals surface area contributed by atoms with Gasteiger partial charge in [-0.2, -0.15) is 0 Å². The first-order chi connectivity index (χ1) is 4.33. The van der Waals surface area contributed by atoms with Crippen molar-refractivity contribution in [1.82, 2.24) is 4.98 Å². The van der Waals surface area contributed by atoms with E-state index in [0.717, 1.165) is 5.69 Å². The predicted octanol–water partition coefficient (Wildman–Crippen LogP) is 0.972. The molecule has 1 aromatic rings. The molecule has 9 heavy (non-hydrogen) atoms. The van der Waals surface area contributed by atoms with E-state index in [2.05, 4.69) is 20.9 Å². The molecule has 0 aliphatic heterocycles. The van der Waals surface area contributed by atoms with Crippen molar-refractivity contribution in [2.45, 2.75) is 6.42 Å². The monoisotopic (exact) mass is 191 g/mol. The van der Waals surface area contributed by atoms with Crippen LogP contribution in [0.4, 0.5) is 0 Å². The Labute approximate surface area is 60.8 Å². The summed E-state index contributed by atoms with van der Waals surface area (Å²) in [5, 5.41) is 8.43. The largest absolute Gasteiger partial charge is 0.439 e. The quantitative estimate of drug-likeness (QED) is 0.759. The Morgan fingerprint density at radius 2 is 2.56 bits per heavy atom. The second kappa shape index (κ2) is 2.98. The number of aliphatic hydroxyl groups excluding tert-OH is 1. The van der Waals surface area contributed by atoms with Gasteiger partial charge < -0.3 is 9.52 Å². The summed E-state index contributed by atoms with van der Waals surface area (Å²) < 4.78 is 4.81. The first-order valence-corrected chi connectivity index (χ1v) is 3.33. The Kier molecular flexibility index (Phi) is 2.24. The fourth-order valence-electron chi connectivity index (χ4n) is 0.512. The van der Waals surface area contributed by atoms with E-state index in [1.165, 1.54) is 6.26 Å². The maximum Gasteiger partial charge on any atom is 0.264 e. The highest BCUT2D eigenvalue weighted by atomic mass is 79.9. The number of aliphatic hydroxyl groups is 1. The highest BCUT2D eigenvalue weighted by Gasteiger charge is 1.97. The van der Waals surface area contributed by atoms with Gasteiger partial charge in [-0.15, -0.1) is 0 Å². The zero-order chi connectivity index (χ0) is 6.69. The van der Waals surface area contributed by atoms with Crippen molar-refractivity contribution in [3.63, 3.8) is 0 Å². The molecule has 0 bridgehead atoms. The molecule has 4 heteroatoms. The van der Waals surface area contributed by atoms with Crippen LogP contribution in [0.5, 0.6) is 0 Å². The molecule has 0 aliphatic rings. The molecule has 1 heterocycles. The second-order valence-corrected chi connectivity index (χ2v) is 2.24. The summed E-state index contributed by atoms with van der Waals surface area (Å²) in [6.07, 6.45) is 2.06. The van der Waals surface area contributed by atoms with E-state index in [1.54, 1.807) is 0 Å². The normalized spacial score (nSPS) is 10.0. The maximum atomic E-state index is 8.43. The lowest BCUT2D eigenvalue weighted by Crippen LogP contribution is -1.89. The molecule has 0 spiro atoms. The van der Waals surface area contributed by atoms with Gasteiger partial charge in [0.2, 0.25) is 0 Å². The Balaban J connectivity index is 2.61. The van der Waals surface area contributed by atoms with E-state index in [9.17, 15) is 0 Å². The summed E-state index contributed by atoms with van der Waals surface area (Å²) in [7, 11) is 0. The molecule has 1 N–H and O–H groups in total. The smallest absolute Gasteiger partial charge is 0.264 e. The Morgan fingerprint density at radius 1 is 1.78 bits per heavy atom. The summed E-state index contributed by atoms with van der Waals surface area (Å²) in [6.45, 7) is 0.110. The fourth-order valence-corrected chi connectivity index (χ4v) is 0.833. The van der Waals surface area contributed by atoms with Crippen LogP contribution < -0.4 is 0 Å². The number of hydrogen-bond acceptors (Lipinski definition) is 3. The van der Waals surface area contributed by atoms with Gasteiger partial charge in [-0.1, -0.05) is 0 Å². The van der Waals surface area contributed by atoms with Crippen LogP contribution in [-0.4, -0.2) is 16.7 Å². The highest BCUT2D eigenvalue weighted by Crippen LogP contribution is 2.08. The Morgan fingerprint density at radius 3 is 3.00 bits per heavy atom. The molecule has 0 amide bonds. The molecule has 0 aliphatic carbocycles. The summed E-state index contributed by atoms with van der Waals surface area (Å²) in [4.78, 5) is 4.35. The molecule has 0 saturated heterocycles. The highest BCUT2D eigenvalue weighted by molar-refractivity contribution is 9.10. The van der Waals surface area contributed by atoms with Crippen molar-refractivity contribution < 1.29 is 9.52 Å². The SMILES string of the molecule is OCCc1coc(Br)n1. The zero-order valence-corrected chi connectivity index (χ0v) is 6.26. The van der Waals surface area contributed by atoms with Gasteiger partial charge >= 0.3 is 0 Å². The van der Waals surface area contributed by atoms with Gasteiger partial charge in [0.25, 0.3) is 4.80 Å². The van der Waals surface area contributed by atoms with E-state index in [4.69, 9.17) is 9.52 Å². The molecule has 50 valence electrons. The second-order valence-electron chi connectivity index (χ2n) is 1.57. The van der Waals surface area contributed by atoms with Crippen LogP contribution in [0.3, 0.4) is 0 Å². The molecule has 0 saturated carbocycles. The molecular weight excluding hydrogens is 186 g/mol. The lowest BCUT2D eigenvalue weighted by atomic mass is 10.4. The minimum absolute atomic E-state index is 0.110. The summed E-state index contributed by atoms with van der Waals surface area (Å²) in [6, 6.07) is 0. The number of hydrogen-bond donors (Lipinski definition) is 1. The first kappa shape index (κ1) is 6.77. The number of oxazole rings is 1. The maximum absolute atomic E-state index is 8.43. The van der Waals surface area contributed by atoms with Crippen LogP contribution >= 0.6 is 15.9 Å². The van der Waals surface area contributed by atoms with Crippen molar-refractivity contribution in [3.8, 4) is 0 Å². The van der Waals surface area contributed by atoms with Crippen LogP contribution in [-0.2, 0) is 6.42 Å². The van der Waals surface area contributed by atoms with Gasteiger partial charge in [0.1, 0.15) is 6.26 Å². The summed E-state index contributed by atoms with van der Waals surface area (Å²) in [5.41, 5.74) is 0.768. The minimum atomic E-state index is 0.110. The van der Waals surface area contributed by atoms with Crippen molar-refractivity contribution in [3.05, 3.63) is 16.8 Å². The van der Waals surface area contributed by atoms with Crippen LogP contribution in [0.25, 0.3) is 0 Å². The van der Waals surface area contributed by atoms with Gasteiger partial charge in [-0.25, -0.2) is 4.98 Å². The first-order valence-electron chi connectivity index (χ1n) is 2.53.